The Morgan fingerprint density at radius 3 is 2.17 bits per heavy atom. The summed E-state index contributed by atoms with van der Waals surface area (Å²) >= 11 is 11.6. The molecule has 0 aliphatic rings. The van der Waals surface area contributed by atoms with E-state index >= 15 is 0 Å². The molecule has 0 spiro atoms. The van der Waals surface area contributed by atoms with Gasteiger partial charge in [0.15, 0.2) is 5.11 Å². The van der Waals surface area contributed by atoms with Gasteiger partial charge < -0.3 is 10.6 Å². The van der Waals surface area contributed by atoms with Gasteiger partial charge in [0, 0.05) is 35.7 Å². The van der Waals surface area contributed by atoms with E-state index < -0.39 is 0 Å². The van der Waals surface area contributed by atoms with Gasteiger partial charge in [0.2, 0.25) is 0 Å². The molecule has 0 amide bonds. The Morgan fingerprint density at radius 2 is 1.53 bits per heavy atom. The SMILES string of the molecule is CCn1cc(Cn2cc(NC(=S)Nc3cnn(Cc4ccccc4Cl)c3)cn2)cn1. The number of nitrogens with zero attached hydrogens (tertiary/aromatic N) is 6. The van der Waals surface area contributed by atoms with Gasteiger partial charge in [-0.2, -0.15) is 15.3 Å². The fraction of sp³-hybridized carbons (Fsp3) is 0.200. The monoisotopic (exact) mass is 440 g/mol. The first-order chi connectivity index (χ1) is 14.6. The van der Waals surface area contributed by atoms with Crippen molar-refractivity contribution in [1.82, 2.24) is 29.3 Å². The number of aryl methyl sites for hydroxylation is 1. The molecule has 0 bridgehead atoms. The average Bonchev–Trinajstić information content (AvgIpc) is 3.46. The van der Waals surface area contributed by atoms with Crippen molar-refractivity contribution in [2.24, 2.45) is 0 Å². The molecule has 3 aromatic heterocycles. The molecule has 0 atom stereocenters. The van der Waals surface area contributed by atoms with Crippen LogP contribution in [0.3, 0.4) is 0 Å². The first kappa shape index (κ1) is 20.1. The zero-order valence-corrected chi connectivity index (χ0v) is 17.9. The van der Waals surface area contributed by atoms with Gasteiger partial charge in [0.25, 0.3) is 0 Å². The van der Waals surface area contributed by atoms with E-state index in [2.05, 4.69) is 32.9 Å². The number of hydrogen-bond acceptors (Lipinski definition) is 4. The second kappa shape index (κ2) is 9.10. The van der Waals surface area contributed by atoms with Crippen molar-refractivity contribution in [2.45, 2.75) is 26.6 Å². The first-order valence-electron chi connectivity index (χ1n) is 9.46. The molecular weight excluding hydrogens is 420 g/mol. The summed E-state index contributed by atoms with van der Waals surface area (Å²) in [4.78, 5) is 0. The molecule has 2 N–H and O–H groups in total. The topological polar surface area (TPSA) is 77.5 Å². The van der Waals surface area contributed by atoms with Crippen LogP contribution in [0.4, 0.5) is 11.4 Å². The lowest BCUT2D eigenvalue weighted by molar-refractivity contribution is 0.654. The van der Waals surface area contributed by atoms with Crippen molar-refractivity contribution >= 4 is 40.3 Å². The molecule has 4 aromatic rings. The Hall–Kier alpha value is -3.17. The van der Waals surface area contributed by atoms with Crippen LogP contribution in [0.25, 0.3) is 0 Å². The van der Waals surface area contributed by atoms with Gasteiger partial charge in [-0.25, -0.2) is 0 Å². The lowest BCUT2D eigenvalue weighted by Crippen LogP contribution is -2.18. The highest BCUT2D eigenvalue weighted by molar-refractivity contribution is 7.80. The first-order valence-corrected chi connectivity index (χ1v) is 10.3. The van der Waals surface area contributed by atoms with Crippen LogP contribution >= 0.6 is 23.8 Å². The molecule has 0 saturated carbocycles. The predicted octanol–water partition coefficient (Wildman–Crippen LogP) is 3.85. The predicted molar refractivity (Wildman–Crippen MR) is 122 cm³/mol. The maximum Gasteiger partial charge on any atom is 0.175 e. The fourth-order valence-electron chi connectivity index (χ4n) is 2.97. The van der Waals surface area contributed by atoms with E-state index in [0.717, 1.165) is 34.1 Å². The van der Waals surface area contributed by atoms with Gasteiger partial charge in [-0.1, -0.05) is 29.8 Å². The van der Waals surface area contributed by atoms with Gasteiger partial charge in [-0.3, -0.25) is 14.0 Å². The Bertz CT molecular complexity index is 1150. The molecule has 0 radical (unpaired) electrons. The van der Waals surface area contributed by atoms with Crippen LogP contribution < -0.4 is 10.6 Å². The summed E-state index contributed by atoms with van der Waals surface area (Å²) in [6, 6.07) is 7.72. The average molecular weight is 441 g/mol. The molecule has 30 heavy (non-hydrogen) atoms. The number of anilines is 2. The lowest BCUT2D eigenvalue weighted by Gasteiger charge is -2.07. The van der Waals surface area contributed by atoms with E-state index in [9.17, 15) is 0 Å². The smallest absolute Gasteiger partial charge is 0.175 e. The van der Waals surface area contributed by atoms with Crippen LogP contribution in [0.2, 0.25) is 5.02 Å². The van der Waals surface area contributed by atoms with E-state index in [4.69, 9.17) is 23.8 Å². The third-order valence-electron chi connectivity index (χ3n) is 4.43. The van der Waals surface area contributed by atoms with E-state index in [1.165, 1.54) is 0 Å². The Labute approximate surface area is 184 Å². The number of hydrogen-bond donors (Lipinski definition) is 2. The summed E-state index contributed by atoms with van der Waals surface area (Å²) in [6.45, 7) is 4.14. The van der Waals surface area contributed by atoms with Gasteiger partial charge in [0.1, 0.15) is 0 Å². The summed E-state index contributed by atoms with van der Waals surface area (Å²) in [7, 11) is 0. The van der Waals surface area contributed by atoms with Crippen LogP contribution in [0.1, 0.15) is 18.1 Å². The molecule has 0 aliphatic carbocycles. The highest BCUT2D eigenvalue weighted by Gasteiger charge is 2.07. The van der Waals surface area contributed by atoms with Gasteiger partial charge in [0.05, 0.1) is 43.1 Å². The molecule has 0 fully saturated rings. The molecule has 0 unspecified atom stereocenters. The molecule has 3 heterocycles. The van der Waals surface area contributed by atoms with E-state index in [-0.39, 0.29) is 0 Å². The summed E-state index contributed by atoms with van der Waals surface area (Å²) in [5, 5.41) is 20.5. The minimum absolute atomic E-state index is 0.464. The number of aromatic nitrogens is 6. The second-order valence-electron chi connectivity index (χ2n) is 6.73. The van der Waals surface area contributed by atoms with Crippen LogP contribution in [0, 0.1) is 0 Å². The molecule has 4 rings (SSSR count). The lowest BCUT2D eigenvalue weighted by atomic mass is 10.2. The molecule has 0 aliphatic heterocycles. The van der Waals surface area contributed by atoms with Gasteiger partial charge in [-0.15, -0.1) is 0 Å². The molecular formula is C20H21ClN8S. The zero-order chi connectivity index (χ0) is 20.9. The standard InChI is InChI=1S/C20H21ClN8S/c1-2-27-10-15(7-22-27)11-28-13-17(8-23-28)25-20(30)26-18-9-24-29(14-18)12-16-5-3-4-6-19(16)21/h3-10,13-14H,2,11-12H2,1H3,(H2,25,26,30). The summed E-state index contributed by atoms with van der Waals surface area (Å²) in [5.74, 6) is 0. The molecule has 1 aromatic carbocycles. The highest BCUT2D eigenvalue weighted by atomic mass is 35.5. The van der Waals surface area contributed by atoms with E-state index in [1.54, 1.807) is 17.1 Å². The number of nitrogens with one attached hydrogen (secondary N) is 2. The second-order valence-corrected chi connectivity index (χ2v) is 7.54. The Morgan fingerprint density at radius 1 is 0.900 bits per heavy atom. The number of rotatable bonds is 7. The summed E-state index contributed by atoms with van der Waals surface area (Å²) < 4.78 is 5.53. The number of thiocarbonyl (C=S) groups is 1. The quantitative estimate of drug-likeness (QED) is 0.425. The number of benzene rings is 1. The van der Waals surface area contributed by atoms with Crippen LogP contribution in [0.15, 0.2) is 61.4 Å². The van der Waals surface area contributed by atoms with Crippen molar-refractivity contribution in [3.05, 3.63) is 77.6 Å². The molecule has 8 nitrogen and oxygen atoms in total. The van der Waals surface area contributed by atoms with Crippen LogP contribution in [-0.2, 0) is 19.6 Å². The maximum atomic E-state index is 6.22. The van der Waals surface area contributed by atoms with Gasteiger partial charge >= 0.3 is 0 Å². The third kappa shape index (κ3) is 5.05. The fourth-order valence-corrected chi connectivity index (χ4v) is 3.40. The van der Waals surface area contributed by atoms with Crippen molar-refractivity contribution in [2.75, 3.05) is 10.6 Å². The zero-order valence-electron chi connectivity index (χ0n) is 16.4. The summed E-state index contributed by atoms with van der Waals surface area (Å²) in [6.07, 6.45) is 11.1. The van der Waals surface area contributed by atoms with E-state index in [0.29, 0.717) is 18.2 Å². The van der Waals surface area contributed by atoms with Crippen LogP contribution in [-0.4, -0.2) is 34.5 Å². The molecule has 0 saturated heterocycles. The van der Waals surface area contributed by atoms with Crippen molar-refractivity contribution in [3.8, 4) is 0 Å². The number of halogens is 1. The van der Waals surface area contributed by atoms with Crippen molar-refractivity contribution in [3.63, 3.8) is 0 Å². The Kier molecular flexibility index (Phi) is 6.10. The van der Waals surface area contributed by atoms with E-state index in [1.807, 2.05) is 58.4 Å². The third-order valence-corrected chi connectivity index (χ3v) is 5.00. The van der Waals surface area contributed by atoms with Gasteiger partial charge in [-0.05, 0) is 30.8 Å². The summed E-state index contributed by atoms with van der Waals surface area (Å²) in [5.41, 5.74) is 3.70. The normalized spacial score (nSPS) is 10.9. The van der Waals surface area contributed by atoms with Crippen LogP contribution in [0.5, 0.6) is 0 Å². The van der Waals surface area contributed by atoms with Crippen molar-refractivity contribution < 1.29 is 0 Å². The molecule has 154 valence electrons. The minimum Gasteiger partial charge on any atom is -0.330 e. The Balaban J connectivity index is 1.31. The largest absolute Gasteiger partial charge is 0.330 e. The van der Waals surface area contributed by atoms with Crippen molar-refractivity contribution in [1.29, 1.82) is 0 Å². The maximum absolute atomic E-state index is 6.22. The minimum atomic E-state index is 0.464. The molecule has 10 heteroatoms. The highest BCUT2D eigenvalue weighted by Crippen LogP contribution is 2.17.